The van der Waals surface area contributed by atoms with E-state index in [1.165, 1.54) is 20.3 Å². The summed E-state index contributed by atoms with van der Waals surface area (Å²) in [5.74, 6) is -1.61. The van der Waals surface area contributed by atoms with Crippen molar-refractivity contribution in [2.75, 3.05) is 13.1 Å². The van der Waals surface area contributed by atoms with E-state index < -0.39 is 12.1 Å². The quantitative estimate of drug-likeness (QED) is 0.720. The van der Waals surface area contributed by atoms with Gasteiger partial charge in [-0.1, -0.05) is 0 Å². The number of rotatable bonds is 2. The fraction of sp³-hybridized carbons (Fsp3) is 0.412. The lowest BCUT2D eigenvalue weighted by molar-refractivity contribution is -0.183. The van der Waals surface area contributed by atoms with Crippen molar-refractivity contribution in [3.8, 4) is 5.95 Å². The van der Waals surface area contributed by atoms with Gasteiger partial charge in [0.05, 0.1) is 23.4 Å². The lowest BCUT2D eigenvalue weighted by Gasteiger charge is -2.32. The number of likely N-dealkylation sites (tertiary alicyclic amines) is 1. The molecule has 11 heteroatoms. The number of aromatic amines is 1. The second kappa shape index (κ2) is 6.50. The molecule has 4 rings (SSSR count). The highest BCUT2D eigenvalue weighted by Gasteiger charge is 2.42. The molecule has 1 N–H and O–H groups in total. The maximum absolute atomic E-state index is 12.8. The molecule has 0 radical (unpaired) electrons. The van der Waals surface area contributed by atoms with Gasteiger partial charge in [-0.3, -0.25) is 14.6 Å². The summed E-state index contributed by atoms with van der Waals surface area (Å²) in [6.45, 7) is 1.72. The van der Waals surface area contributed by atoms with Crippen LogP contribution in [0.4, 0.5) is 13.2 Å². The van der Waals surface area contributed by atoms with Gasteiger partial charge in [0, 0.05) is 19.3 Å². The van der Waals surface area contributed by atoms with Crippen LogP contribution in [-0.4, -0.2) is 54.5 Å². The normalized spacial score (nSPS) is 16.1. The molecule has 0 saturated carbocycles. The summed E-state index contributed by atoms with van der Waals surface area (Å²) in [7, 11) is 0. The Morgan fingerprint density at radius 1 is 1.29 bits per heavy atom. The molecule has 1 amide bonds. The maximum Gasteiger partial charge on any atom is 0.391 e. The van der Waals surface area contributed by atoms with Crippen LogP contribution in [0.25, 0.3) is 11.5 Å². The molecule has 1 saturated heterocycles. The molecular formula is C17H17F3N6O2. The van der Waals surface area contributed by atoms with Gasteiger partial charge in [0.15, 0.2) is 0 Å². The van der Waals surface area contributed by atoms with Crippen molar-refractivity contribution in [3.63, 3.8) is 0 Å². The Labute approximate surface area is 156 Å². The van der Waals surface area contributed by atoms with E-state index in [4.69, 9.17) is 0 Å². The third-order valence-corrected chi connectivity index (χ3v) is 5.07. The number of piperidine rings is 1. The first-order valence-corrected chi connectivity index (χ1v) is 8.74. The zero-order chi connectivity index (χ0) is 20.1. The Hall–Kier alpha value is -3.11. The van der Waals surface area contributed by atoms with E-state index >= 15 is 0 Å². The Kier molecular flexibility index (Phi) is 4.24. The van der Waals surface area contributed by atoms with Gasteiger partial charge in [-0.2, -0.15) is 18.3 Å². The van der Waals surface area contributed by atoms with E-state index in [9.17, 15) is 22.8 Å². The van der Waals surface area contributed by atoms with Crippen molar-refractivity contribution in [2.24, 2.45) is 5.92 Å². The zero-order valence-corrected chi connectivity index (χ0v) is 14.9. The second-order valence-electron chi connectivity index (χ2n) is 6.78. The number of carbonyl (C=O) groups is 1. The minimum absolute atomic E-state index is 0.0397. The molecule has 148 valence electrons. The van der Waals surface area contributed by atoms with Crippen molar-refractivity contribution >= 4 is 11.4 Å². The molecule has 1 aliphatic heterocycles. The molecule has 1 fully saturated rings. The Morgan fingerprint density at radius 2 is 2.00 bits per heavy atom. The molecule has 0 unspecified atom stereocenters. The highest BCUT2D eigenvalue weighted by molar-refractivity contribution is 5.95. The summed E-state index contributed by atoms with van der Waals surface area (Å²) < 4.78 is 41.2. The van der Waals surface area contributed by atoms with Gasteiger partial charge in [0.1, 0.15) is 5.52 Å². The fourth-order valence-corrected chi connectivity index (χ4v) is 3.44. The van der Waals surface area contributed by atoms with Crippen molar-refractivity contribution in [2.45, 2.75) is 25.9 Å². The van der Waals surface area contributed by atoms with Crippen molar-refractivity contribution in [3.05, 3.63) is 46.1 Å². The summed E-state index contributed by atoms with van der Waals surface area (Å²) in [6.07, 6.45) is -1.50. The van der Waals surface area contributed by atoms with Gasteiger partial charge in [-0.05, 0) is 31.9 Å². The van der Waals surface area contributed by atoms with Crippen molar-refractivity contribution in [1.82, 2.24) is 29.3 Å². The van der Waals surface area contributed by atoms with Crippen molar-refractivity contribution < 1.29 is 18.0 Å². The summed E-state index contributed by atoms with van der Waals surface area (Å²) >= 11 is 0. The van der Waals surface area contributed by atoms with Gasteiger partial charge in [-0.15, -0.1) is 5.10 Å². The van der Waals surface area contributed by atoms with E-state index in [-0.39, 0.29) is 48.9 Å². The summed E-state index contributed by atoms with van der Waals surface area (Å²) in [4.78, 5) is 28.9. The topological polar surface area (TPSA) is 88.3 Å². The summed E-state index contributed by atoms with van der Waals surface area (Å²) in [6, 6.07) is 3.29. The number of nitrogens with one attached hydrogen (secondary N) is 1. The minimum Gasteiger partial charge on any atom is -0.339 e. The largest absolute Gasteiger partial charge is 0.391 e. The van der Waals surface area contributed by atoms with Crippen LogP contribution in [-0.2, 0) is 0 Å². The Morgan fingerprint density at radius 3 is 2.68 bits per heavy atom. The number of hydrogen-bond acceptors (Lipinski definition) is 4. The van der Waals surface area contributed by atoms with Gasteiger partial charge < -0.3 is 4.90 Å². The van der Waals surface area contributed by atoms with Gasteiger partial charge in [0.25, 0.3) is 11.5 Å². The number of carbonyl (C=O) groups excluding carboxylic acids is 1. The first-order valence-electron chi connectivity index (χ1n) is 8.74. The number of H-pyrrole nitrogens is 1. The average molecular weight is 394 g/mol. The van der Waals surface area contributed by atoms with Crippen LogP contribution in [0, 0.1) is 12.8 Å². The smallest absolute Gasteiger partial charge is 0.339 e. The highest BCUT2D eigenvalue weighted by Crippen LogP contribution is 2.34. The number of fused-ring (bicyclic) bond motifs is 1. The molecule has 28 heavy (non-hydrogen) atoms. The molecule has 8 nitrogen and oxygen atoms in total. The Bertz CT molecular complexity index is 1090. The minimum atomic E-state index is -4.23. The third-order valence-electron chi connectivity index (χ3n) is 5.07. The molecule has 0 aromatic carbocycles. The highest BCUT2D eigenvalue weighted by atomic mass is 19.4. The third kappa shape index (κ3) is 3.06. The lowest BCUT2D eigenvalue weighted by Crippen LogP contribution is -2.42. The predicted molar refractivity (Wildman–Crippen MR) is 92.4 cm³/mol. The van der Waals surface area contributed by atoms with Crippen LogP contribution in [0.15, 0.2) is 29.3 Å². The lowest BCUT2D eigenvalue weighted by atomic mass is 9.96. The van der Waals surface area contributed by atoms with E-state index in [1.807, 2.05) is 0 Å². The van der Waals surface area contributed by atoms with Crippen LogP contribution in [0.1, 0.15) is 28.9 Å². The van der Waals surface area contributed by atoms with Gasteiger partial charge in [-0.25, -0.2) is 9.20 Å². The summed E-state index contributed by atoms with van der Waals surface area (Å²) in [5.41, 5.74) is 0.725. The van der Waals surface area contributed by atoms with Crippen LogP contribution in [0.3, 0.4) is 0 Å². The standard InChI is InChI=1S/C17H17F3N6O2/c1-10-12(15(28)24-7-4-11(5-8-24)17(18,19)20)9-21-26(10)16-22-14(27)13-3-2-6-25(13)23-16/h2-3,6,9,11H,4-5,7-8H2,1H3,(H,22,23,27). The van der Waals surface area contributed by atoms with Gasteiger partial charge in [0.2, 0.25) is 5.95 Å². The van der Waals surface area contributed by atoms with E-state index in [2.05, 4.69) is 15.2 Å². The molecular weight excluding hydrogens is 377 g/mol. The second-order valence-corrected chi connectivity index (χ2v) is 6.78. The Balaban J connectivity index is 1.58. The number of hydrogen-bond donors (Lipinski definition) is 1. The molecule has 0 aliphatic carbocycles. The average Bonchev–Trinajstić information content (AvgIpc) is 3.27. The van der Waals surface area contributed by atoms with E-state index in [1.54, 1.807) is 25.3 Å². The van der Waals surface area contributed by atoms with Gasteiger partial charge >= 0.3 is 6.18 Å². The number of aromatic nitrogens is 5. The van der Waals surface area contributed by atoms with E-state index in [0.717, 1.165) is 0 Å². The number of nitrogens with zero attached hydrogens (tertiary/aromatic N) is 5. The molecule has 4 heterocycles. The monoisotopic (exact) mass is 394 g/mol. The first-order chi connectivity index (χ1) is 13.3. The van der Waals surface area contributed by atoms with E-state index in [0.29, 0.717) is 11.2 Å². The maximum atomic E-state index is 12.8. The van der Waals surface area contributed by atoms with Crippen LogP contribution >= 0.6 is 0 Å². The SMILES string of the molecule is Cc1c(C(=O)N2CCC(C(F)(F)F)CC2)cnn1-c1nn2cccc2c(=O)[nH]1. The molecule has 3 aromatic rings. The molecule has 0 atom stereocenters. The molecule has 1 aliphatic rings. The number of amides is 1. The zero-order valence-electron chi connectivity index (χ0n) is 14.9. The van der Waals surface area contributed by atoms with Crippen LogP contribution in [0.2, 0.25) is 0 Å². The summed E-state index contributed by atoms with van der Waals surface area (Å²) in [5, 5.41) is 8.39. The fourth-order valence-electron chi connectivity index (χ4n) is 3.44. The van der Waals surface area contributed by atoms with Crippen LogP contribution < -0.4 is 5.56 Å². The number of halogens is 3. The molecule has 0 bridgehead atoms. The van der Waals surface area contributed by atoms with Crippen molar-refractivity contribution in [1.29, 1.82) is 0 Å². The van der Waals surface area contributed by atoms with Crippen LogP contribution in [0.5, 0.6) is 0 Å². The molecule has 3 aromatic heterocycles. The first kappa shape index (κ1) is 18.3. The number of alkyl halides is 3. The molecule has 0 spiro atoms. The predicted octanol–water partition coefficient (Wildman–Crippen LogP) is 1.93.